The van der Waals surface area contributed by atoms with Gasteiger partial charge in [-0.05, 0) is 37.1 Å². The first-order chi connectivity index (χ1) is 12.5. The van der Waals surface area contributed by atoms with E-state index >= 15 is 0 Å². The van der Waals surface area contributed by atoms with Crippen molar-refractivity contribution in [3.63, 3.8) is 0 Å². The summed E-state index contributed by atoms with van der Waals surface area (Å²) in [5.74, 6) is 2.24. The Kier molecular flexibility index (Phi) is 6.72. The Bertz CT molecular complexity index is 773. The average molecular weight is 359 g/mol. The molecule has 1 N–H and O–H groups in total. The van der Waals surface area contributed by atoms with E-state index < -0.39 is 0 Å². The Morgan fingerprint density at radius 2 is 1.54 bits per heavy atom. The van der Waals surface area contributed by atoms with Crippen LogP contribution in [0.5, 0.6) is 23.0 Å². The van der Waals surface area contributed by atoms with E-state index in [2.05, 4.69) is 5.32 Å². The van der Waals surface area contributed by atoms with Gasteiger partial charge in [0.2, 0.25) is 0 Å². The molecule has 2 rings (SSSR count). The van der Waals surface area contributed by atoms with E-state index in [-0.39, 0.29) is 12.5 Å². The second-order valence-corrected chi connectivity index (χ2v) is 5.85. The van der Waals surface area contributed by atoms with Crippen LogP contribution in [0.15, 0.2) is 30.3 Å². The normalized spacial score (nSPS) is 10.2. The van der Waals surface area contributed by atoms with Gasteiger partial charge in [0.15, 0.2) is 18.1 Å². The molecule has 2 aromatic rings. The number of aryl methyl sites for hydroxylation is 2. The highest BCUT2D eigenvalue weighted by atomic mass is 16.5. The van der Waals surface area contributed by atoms with Crippen molar-refractivity contribution in [2.45, 2.75) is 20.4 Å². The summed E-state index contributed by atoms with van der Waals surface area (Å²) in [4.78, 5) is 12.1. The van der Waals surface area contributed by atoms with Crippen LogP contribution in [0.1, 0.15) is 16.7 Å². The summed E-state index contributed by atoms with van der Waals surface area (Å²) in [6.45, 7) is 4.16. The van der Waals surface area contributed by atoms with E-state index in [4.69, 9.17) is 18.9 Å². The second kappa shape index (κ2) is 8.99. The smallest absolute Gasteiger partial charge is 0.258 e. The van der Waals surface area contributed by atoms with Crippen LogP contribution >= 0.6 is 0 Å². The molecule has 0 saturated heterocycles. The zero-order valence-electron chi connectivity index (χ0n) is 15.8. The predicted octanol–water partition coefficient (Wildman–Crippen LogP) is 3.02. The summed E-state index contributed by atoms with van der Waals surface area (Å²) in [6, 6.07) is 9.40. The summed E-state index contributed by atoms with van der Waals surface area (Å²) < 4.78 is 21.5. The SMILES string of the molecule is COc1cc(OC)c(OC)cc1CNC(=O)COc1cc(C)ccc1C. The maximum atomic E-state index is 12.1. The molecule has 140 valence electrons. The summed E-state index contributed by atoms with van der Waals surface area (Å²) in [6.07, 6.45) is 0. The highest BCUT2D eigenvalue weighted by Crippen LogP contribution is 2.34. The molecule has 0 fully saturated rings. The van der Waals surface area contributed by atoms with E-state index in [0.29, 0.717) is 29.5 Å². The van der Waals surface area contributed by atoms with Crippen LogP contribution in [0.4, 0.5) is 0 Å². The van der Waals surface area contributed by atoms with E-state index in [9.17, 15) is 4.79 Å². The lowest BCUT2D eigenvalue weighted by atomic mass is 10.1. The third-order valence-electron chi connectivity index (χ3n) is 3.97. The molecule has 2 aromatic carbocycles. The molecule has 26 heavy (non-hydrogen) atoms. The summed E-state index contributed by atoms with van der Waals surface area (Å²) in [7, 11) is 4.68. The Labute approximate surface area is 154 Å². The van der Waals surface area contributed by atoms with Crippen molar-refractivity contribution in [1.82, 2.24) is 5.32 Å². The van der Waals surface area contributed by atoms with Crippen molar-refractivity contribution in [3.05, 3.63) is 47.0 Å². The minimum absolute atomic E-state index is 0.0557. The fourth-order valence-electron chi connectivity index (χ4n) is 2.48. The zero-order valence-corrected chi connectivity index (χ0v) is 15.8. The molecule has 6 nitrogen and oxygen atoms in total. The van der Waals surface area contributed by atoms with Gasteiger partial charge in [-0.2, -0.15) is 0 Å². The first-order valence-electron chi connectivity index (χ1n) is 8.24. The molecule has 0 aromatic heterocycles. The molecule has 0 aliphatic rings. The largest absolute Gasteiger partial charge is 0.496 e. The fraction of sp³-hybridized carbons (Fsp3) is 0.350. The number of hydrogen-bond acceptors (Lipinski definition) is 5. The van der Waals surface area contributed by atoms with E-state index in [0.717, 1.165) is 16.7 Å². The number of ether oxygens (including phenoxy) is 4. The van der Waals surface area contributed by atoms with Crippen LogP contribution in [0, 0.1) is 13.8 Å². The minimum Gasteiger partial charge on any atom is -0.496 e. The van der Waals surface area contributed by atoms with Crippen molar-refractivity contribution in [2.75, 3.05) is 27.9 Å². The Morgan fingerprint density at radius 1 is 0.885 bits per heavy atom. The molecular formula is C20H25NO5. The number of nitrogens with one attached hydrogen (secondary N) is 1. The number of hydrogen-bond donors (Lipinski definition) is 1. The van der Waals surface area contributed by atoms with Crippen molar-refractivity contribution < 1.29 is 23.7 Å². The van der Waals surface area contributed by atoms with E-state index in [1.54, 1.807) is 33.5 Å². The molecule has 1 amide bonds. The van der Waals surface area contributed by atoms with Crippen LogP contribution in [-0.4, -0.2) is 33.8 Å². The first-order valence-corrected chi connectivity index (χ1v) is 8.24. The molecular weight excluding hydrogens is 334 g/mol. The molecule has 0 heterocycles. The Balaban J connectivity index is 1.99. The Morgan fingerprint density at radius 3 is 2.19 bits per heavy atom. The molecule has 0 spiro atoms. The molecule has 0 radical (unpaired) electrons. The van der Waals surface area contributed by atoms with Crippen LogP contribution in [0.2, 0.25) is 0 Å². The predicted molar refractivity (Wildman–Crippen MR) is 99.4 cm³/mol. The van der Waals surface area contributed by atoms with Gasteiger partial charge in [0, 0.05) is 18.2 Å². The highest BCUT2D eigenvalue weighted by molar-refractivity contribution is 5.77. The summed E-state index contributed by atoms with van der Waals surface area (Å²) in [5, 5.41) is 2.83. The van der Waals surface area contributed by atoms with Gasteiger partial charge < -0.3 is 24.3 Å². The number of carbonyl (C=O) groups excluding carboxylic acids is 1. The highest BCUT2D eigenvalue weighted by Gasteiger charge is 2.13. The summed E-state index contributed by atoms with van der Waals surface area (Å²) in [5.41, 5.74) is 2.86. The summed E-state index contributed by atoms with van der Waals surface area (Å²) >= 11 is 0. The topological polar surface area (TPSA) is 66.0 Å². The van der Waals surface area contributed by atoms with Gasteiger partial charge in [-0.25, -0.2) is 0 Å². The number of methoxy groups -OCH3 is 3. The number of benzene rings is 2. The lowest BCUT2D eigenvalue weighted by molar-refractivity contribution is -0.123. The molecule has 0 aliphatic carbocycles. The Hall–Kier alpha value is -2.89. The van der Waals surface area contributed by atoms with Crippen LogP contribution in [0.3, 0.4) is 0 Å². The molecule has 0 aliphatic heterocycles. The number of amides is 1. The third kappa shape index (κ3) is 4.81. The van der Waals surface area contributed by atoms with Gasteiger partial charge in [0.1, 0.15) is 11.5 Å². The van der Waals surface area contributed by atoms with Crippen molar-refractivity contribution in [2.24, 2.45) is 0 Å². The maximum Gasteiger partial charge on any atom is 0.258 e. The monoisotopic (exact) mass is 359 g/mol. The molecule has 0 unspecified atom stereocenters. The van der Waals surface area contributed by atoms with Crippen LogP contribution in [-0.2, 0) is 11.3 Å². The zero-order chi connectivity index (χ0) is 19.1. The standard InChI is InChI=1S/C20H25NO5/c1-13-6-7-14(2)16(8-13)26-12-20(22)21-11-15-9-18(24-4)19(25-5)10-17(15)23-3/h6-10H,11-12H2,1-5H3,(H,21,22). The fourth-order valence-corrected chi connectivity index (χ4v) is 2.48. The van der Waals surface area contributed by atoms with E-state index in [1.165, 1.54) is 0 Å². The number of carbonyl (C=O) groups is 1. The average Bonchev–Trinajstić information content (AvgIpc) is 2.66. The van der Waals surface area contributed by atoms with Crippen molar-refractivity contribution in [1.29, 1.82) is 0 Å². The van der Waals surface area contributed by atoms with Gasteiger partial charge in [-0.1, -0.05) is 12.1 Å². The third-order valence-corrected chi connectivity index (χ3v) is 3.97. The van der Waals surface area contributed by atoms with Gasteiger partial charge in [0.05, 0.1) is 21.3 Å². The lowest BCUT2D eigenvalue weighted by Gasteiger charge is -2.15. The van der Waals surface area contributed by atoms with Crippen LogP contribution in [0.25, 0.3) is 0 Å². The lowest BCUT2D eigenvalue weighted by Crippen LogP contribution is -2.28. The molecule has 0 atom stereocenters. The van der Waals surface area contributed by atoms with Gasteiger partial charge in [-0.3, -0.25) is 4.79 Å². The maximum absolute atomic E-state index is 12.1. The quantitative estimate of drug-likeness (QED) is 0.785. The van der Waals surface area contributed by atoms with Gasteiger partial charge in [-0.15, -0.1) is 0 Å². The second-order valence-electron chi connectivity index (χ2n) is 5.85. The first kappa shape index (κ1) is 19.4. The van der Waals surface area contributed by atoms with Gasteiger partial charge >= 0.3 is 0 Å². The van der Waals surface area contributed by atoms with Crippen molar-refractivity contribution in [3.8, 4) is 23.0 Å². The molecule has 6 heteroatoms. The minimum atomic E-state index is -0.220. The van der Waals surface area contributed by atoms with Gasteiger partial charge in [0.25, 0.3) is 5.91 Å². The number of rotatable bonds is 8. The molecule has 0 bridgehead atoms. The van der Waals surface area contributed by atoms with Crippen LogP contribution < -0.4 is 24.3 Å². The molecule has 0 saturated carbocycles. The van der Waals surface area contributed by atoms with Crippen molar-refractivity contribution >= 4 is 5.91 Å². The van der Waals surface area contributed by atoms with E-state index in [1.807, 2.05) is 32.0 Å².